The van der Waals surface area contributed by atoms with Crippen molar-refractivity contribution in [2.45, 2.75) is 65.1 Å². The summed E-state index contributed by atoms with van der Waals surface area (Å²) >= 11 is 0. The average Bonchev–Trinajstić information content (AvgIpc) is 3.10. The van der Waals surface area contributed by atoms with Crippen molar-refractivity contribution < 1.29 is 19.1 Å². The van der Waals surface area contributed by atoms with Crippen LogP contribution >= 0.6 is 0 Å². The first-order chi connectivity index (χ1) is 17.4. The number of fused-ring (bicyclic) bond motifs is 1. The lowest BCUT2D eigenvalue weighted by Gasteiger charge is -2.50. The third-order valence-corrected chi connectivity index (χ3v) is 7.09. The first-order valence-corrected chi connectivity index (χ1v) is 13.2. The number of nitrogens with zero attached hydrogens (tertiary/aromatic N) is 5. The van der Waals surface area contributed by atoms with Gasteiger partial charge in [0.2, 0.25) is 5.90 Å². The molecular formula is C26H45N7O4. The maximum Gasteiger partial charge on any atom is 0.407 e. The molecule has 1 fully saturated rings. The summed E-state index contributed by atoms with van der Waals surface area (Å²) in [5, 5.41) is 5.93. The number of ether oxygens (including phenoxy) is 2. The highest BCUT2D eigenvalue weighted by molar-refractivity contribution is 5.91. The van der Waals surface area contributed by atoms with E-state index in [0.29, 0.717) is 43.7 Å². The van der Waals surface area contributed by atoms with Crippen molar-refractivity contribution in [1.29, 1.82) is 0 Å². The Kier molecular flexibility index (Phi) is 9.22. The van der Waals surface area contributed by atoms with Crippen LogP contribution in [0.4, 0.5) is 4.79 Å². The summed E-state index contributed by atoms with van der Waals surface area (Å²) in [7, 11) is 5.62. The Morgan fingerprint density at radius 1 is 1.16 bits per heavy atom. The molecule has 2 N–H and O–H groups in total. The van der Waals surface area contributed by atoms with Gasteiger partial charge in [-0.15, -0.1) is 0 Å². The lowest BCUT2D eigenvalue weighted by molar-refractivity contribution is 0.0120. The molecule has 0 saturated carbocycles. The molecule has 11 nitrogen and oxygen atoms in total. The van der Waals surface area contributed by atoms with Gasteiger partial charge in [0.25, 0.3) is 5.91 Å². The summed E-state index contributed by atoms with van der Waals surface area (Å²) < 4.78 is 13.0. The molecule has 11 heteroatoms. The van der Waals surface area contributed by atoms with Gasteiger partial charge >= 0.3 is 6.09 Å². The summed E-state index contributed by atoms with van der Waals surface area (Å²) in [5.74, 6) is 1.24. The number of likely N-dealkylation sites (N-methyl/N-ethyl adjacent to an activating group) is 1. The number of carbonyl (C=O) groups excluding carboxylic acids is 2. The molecule has 0 aromatic carbocycles. The molecule has 1 aromatic heterocycles. The number of carbonyl (C=O) groups is 2. The minimum absolute atomic E-state index is 0.170. The Morgan fingerprint density at radius 2 is 1.86 bits per heavy atom. The molecule has 1 unspecified atom stereocenters. The molecule has 1 atom stereocenters. The van der Waals surface area contributed by atoms with E-state index in [9.17, 15) is 9.59 Å². The van der Waals surface area contributed by atoms with Crippen LogP contribution in [0.2, 0.25) is 0 Å². The predicted molar refractivity (Wildman–Crippen MR) is 143 cm³/mol. The lowest BCUT2D eigenvalue weighted by Crippen LogP contribution is -2.64. The summed E-state index contributed by atoms with van der Waals surface area (Å²) in [4.78, 5) is 38.8. The second-order valence-electron chi connectivity index (χ2n) is 11.3. The topological polar surface area (TPSA) is 113 Å². The number of hydrogen-bond acceptors (Lipinski definition) is 8. The Morgan fingerprint density at radius 3 is 2.49 bits per heavy atom. The number of nitrogens with one attached hydrogen (secondary N) is 2. The Balaban J connectivity index is 1.59. The Bertz CT molecular complexity index is 994. The predicted octanol–water partition coefficient (Wildman–Crippen LogP) is 1.81. The smallest absolute Gasteiger partial charge is 0.407 e. The van der Waals surface area contributed by atoms with Crippen molar-refractivity contribution in [3.63, 3.8) is 0 Å². The fourth-order valence-electron chi connectivity index (χ4n) is 5.00. The van der Waals surface area contributed by atoms with E-state index in [0.717, 1.165) is 44.0 Å². The zero-order chi connectivity index (χ0) is 27.4. The van der Waals surface area contributed by atoms with Crippen molar-refractivity contribution in [1.82, 2.24) is 30.0 Å². The minimum atomic E-state index is -0.521. The number of aliphatic imine (C=N–C) groups is 1. The van der Waals surface area contributed by atoms with E-state index in [1.165, 1.54) is 0 Å². The maximum atomic E-state index is 13.0. The first-order valence-electron chi connectivity index (χ1n) is 13.2. The molecule has 1 saturated heterocycles. The number of methoxy groups -OCH3 is 1. The van der Waals surface area contributed by atoms with E-state index in [1.807, 2.05) is 39.3 Å². The molecular weight excluding hydrogens is 474 g/mol. The van der Waals surface area contributed by atoms with Crippen LogP contribution in [0.3, 0.4) is 0 Å². The second-order valence-corrected chi connectivity index (χ2v) is 11.3. The molecule has 3 heterocycles. The molecule has 0 spiro atoms. The van der Waals surface area contributed by atoms with Crippen LogP contribution in [0.25, 0.3) is 0 Å². The third-order valence-electron chi connectivity index (χ3n) is 7.09. The van der Waals surface area contributed by atoms with Crippen LogP contribution in [-0.4, -0.2) is 102 Å². The molecule has 2 aliphatic heterocycles. The fraction of sp³-hybridized carbons (Fsp3) is 0.769. The molecule has 0 bridgehead atoms. The molecule has 0 aliphatic carbocycles. The van der Waals surface area contributed by atoms with Gasteiger partial charge in [-0.05, 0) is 48.1 Å². The normalized spacial score (nSPS) is 19.0. The number of amides is 2. The maximum absolute atomic E-state index is 13.0. The molecule has 2 aliphatic rings. The molecule has 1 aromatic rings. The SMILES string of the molecule is CC/N=C(/OC)C(C)(CCNC(=O)c1nc2c(n1C)CCN(C)C2)N1CC(CNC(=O)OC(C)(C)C)C1. The van der Waals surface area contributed by atoms with E-state index in [-0.39, 0.29) is 5.91 Å². The van der Waals surface area contributed by atoms with E-state index in [4.69, 9.17) is 9.47 Å². The monoisotopic (exact) mass is 519 g/mol. The van der Waals surface area contributed by atoms with Gasteiger partial charge in [-0.1, -0.05) is 0 Å². The van der Waals surface area contributed by atoms with Crippen molar-refractivity contribution in [3.05, 3.63) is 17.2 Å². The number of rotatable bonds is 9. The molecule has 37 heavy (non-hydrogen) atoms. The quantitative estimate of drug-likeness (QED) is 0.378. The van der Waals surface area contributed by atoms with Gasteiger partial charge in [-0.2, -0.15) is 0 Å². The van der Waals surface area contributed by atoms with Gasteiger partial charge in [-0.25, -0.2) is 9.78 Å². The zero-order valence-electron chi connectivity index (χ0n) is 23.8. The molecule has 2 amide bonds. The van der Waals surface area contributed by atoms with Gasteiger partial charge < -0.3 is 29.6 Å². The van der Waals surface area contributed by atoms with Crippen molar-refractivity contribution >= 4 is 17.9 Å². The first kappa shape index (κ1) is 28.9. The number of alkyl carbamates (subject to hydrolysis) is 1. The van der Waals surface area contributed by atoms with Gasteiger partial charge in [-0.3, -0.25) is 14.7 Å². The van der Waals surface area contributed by atoms with Gasteiger partial charge in [0.15, 0.2) is 5.82 Å². The number of hydrogen-bond donors (Lipinski definition) is 2. The van der Waals surface area contributed by atoms with Crippen LogP contribution in [0.15, 0.2) is 4.99 Å². The third kappa shape index (κ3) is 7.01. The second kappa shape index (κ2) is 11.8. The van der Waals surface area contributed by atoms with Crippen molar-refractivity contribution in [3.8, 4) is 0 Å². The van der Waals surface area contributed by atoms with Crippen LogP contribution in [0, 0.1) is 5.92 Å². The van der Waals surface area contributed by atoms with Crippen LogP contribution in [0.1, 0.15) is 63.0 Å². The minimum Gasteiger partial charge on any atom is -0.483 e. The highest BCUT2D eigenvalue weighted by atomic mass is 16.6. The van der Waals surface area contributed by atoms with Crippen molar-refractivity contribution in [2.24, 2.45) is 18.0 Å². The highest BCUT2D eigenvalue weighted by Gasteiger charge is 2.44. The lowest BCUT2D eigenvalue weighted by atomic mass is 9.86. The summed E-state index contributed by atoms with van der Waals surface area (Å²) in [6.07, 6.45) is 1.12. The van der Waals surface area contributed by atoms with E-state index in [2.05, 4.69) is 44.4 Å². The number of aromatic nitrogens is 2. The van der Waals surface area contributed by atoms with Crippen molar-refractivity contribution in [2.75, 3.05) is 53.4 Å². The van der Waals surface area contributed by atoms with Gasteiger partial charge in [0, 0.05) is 70.9 Å². The summed E-state index contributed by atoms with van der Waals surface area (Å²) in [5.41, 5.74) is 1.11. The Hall–Kier alpha value is -2.66. The fourth-order valence-corrected chi connectivity index (χ4v) is 5.00. The zero-order valence-corrected chi connectivity index (χ0v) is 23.8. The standard InChI is InChI=1S/C26H45N7O4/c1-9-27-23(36-8)26(5,33-15-18(16-33)14-29-24(35)37-25(2,3)4)11-12-28-22(34)21-30-19-17-31(6)13-10-20(19)32(21)7/h18H,9-17H2,1-8H3,(H,28,34)(H,29,35)/b27-23+. The van der Waals surface area contributed by atoms with Crippen LogP contribution in [0.5, 0.6) is 0 Å². The van der Waals surface area contributed by atoms with E-state index < -0.39 is 17.2 Å². The number of likely N-dealkylation sites (tertiary alicyclic amines) is 1. The molecule has 0 radical (unpaired) electrons. The highest BCUT2D eigenvalue weighted by Crippen LogP contribution is 2.30. The number of imidazole rings is 1. The summed E-state index contributed by atoms with van der Waals surface area (Å²) in [6.45, 7) is 14.5. The van der Waals surface area contributed by atoms with Crippen LogP contribution < -0.4 is 10.6 Å². The molecule has 208 valence electrons. The van der Waals surface area contributed by atoms with E-state index >= 15 is 0 Å². The largest absolute Gasteiger partial charge is 0.483 e. The summed E-state index contributed by atoms with van der Waals surface area (Å²) in [6, 6.07) is 0. The Labute approximate surface area is 221 Å². The molecule has 3 rings (SSSR count). The van der Waals surface area contributed by atoms with E-state index in [1.54, 1.807) is 7.11 Å². The van der Waals surface area contributed by atoms with Crippen LogP contribution in [-0.2, 0) is 29.5 Å². The van der Waals surface area contributed by atoms with Gasteiger partial charge in [0.05, 0.1) is 18.3 Å². The average molecular weight is 520 g/mol. The van der Waals surface area contributed by atoms with Gasteiger partial charge in [0.1, 0.15) is 5.60 Å².